The molecule has 2 aromatic rings. The molecule has 2 amide bonds. The number of nitrogens with one attached hydrogen (secondary N) is 2. The molecule has 2 rings (SSSR count). The smallest absolute Gasteiger partial charge is 0.240 e. The maximum Gasteiger partial charge on any atom is 0.240 e. The van der Waals surface area contributed by atoms with Crippen molar-refractivity contribution < 1.29 is 9.59 Å². The van der Waals surface area contributed by atoms with Gasteiger partial charge in [0.2, 0.25) is 11.8 Å². The number of benzene rings is 2. The van der Waals surface area contributed by atoms with E-state index >= 15 is 0 Å². The molecule has 0 aliphatic rings. The third-order valence-electron chi connectivity index (χ3n) is 2.98. The Balaban J connectivity index is 1.75. The molecule has 0 atom stereocenters. The summed E-state index contributed by atoms with van der Waals surface area (Å²) in [5.74, 6) is -0.530. The zero-order valence-corrected chi connectivity index (χ0v) is 16.4. The van der Waals surface area contributed by atoms with Crippen molar-refractivity contribution in [1.29, 1.82) is 0 Å². The summed E-state index contributed by atoms with van der Waals surface area (Å²) in [6.07, 6.45) is 1.73. The molecule has 0 heterocycles. The predicted octanol–water partition coefficient (Wildman–Crippen LogP) is 3.92. The average molecular weight is 500 g/mol. The standard InChI is InChI=1S/C17H15BrIN3O2/c18-14-6-1-2-7-15(14)21-16(23)8-9-17(24)22-20-11-12-4-3-5-13(19)10-12/h1-7,10-11H,8-9H2,(H,21,23)(H,22,24)/b20-11+. The molecule has 0 aliphatic carbocycles. The number of para-hydroxylation sites is 1. The van der Waals surface area contributed by atoms with E-state index in [9.17, 15) is 9.59 Å². The quantitative estimate of drug-likeness (QED) is 0.359. The first-order chi connectivity index (χ1) is 11.5. The van der Waals surface area contributed by atoms with Gasteiger partial charge < -0.3 is 5.32 Å². The summed E-state index contributed by atoms with van der Waals surface area (Å²) in [4.78, 5) is 23.6. The fourth-order valence-corrected chi connectivity index (χ4v) is 2.78. The minimum absolute atomic E-state index is 0.0694. The van der Waals surface area contributed by atoms with E-state index in [4.69, 9.17) is 0 Å². The second kappa shape index (κ2) is 9.53. The third-order valence-corrected chi connectivity index (χ3v) is 4.34. The largest absolute Gasteiger partial charge is 0.325 e. The summed E-state index contributed by atoms with van der Waals surface area (Å²) >= 11 is 5.56. The number of rotatable bonds is 6. The number of hydrazone groups is 1. The van der Waals surface area contributed by atoms with Crippen molar-refractivity contribution in [3.05, 3.63) is 62.1 Å². The van der Waals surface area contributed by atoms with Crippen LogP contribution < -0.4 is 10.7 Å². The highest BCUT2D eigenvalue weighted by Gasteiger charge is 2.08. The molecule has 0 fully saturated rings. The van der Waals surface area contributed by atoms with Gasteiger partial charge in [-0.05, 0) is 68.3 Å². The summed E-state index contributed by atoms with van der Waals surface area (Å²) < 4.78 is 1.89. The van der Waals surface area contributed by atoms with Crippen LogP contribution in [0.2, 0.25) is 0 Å². The Hall–Kier alpha value is -1.74. The first-order valence-electron chi connectivity index (χ1n) is 7.16. The van der Waals surface area contributed by atoms with E-state index in [1.165, 1.54) is 0 Å². The van der Waals surface area contributed by atoms with Gasteiger partial charge in [-0.2, -0.15) is 5.10 Å². The van der Waals surface area contributed by atoms with Crippen molar-refractivity contribution in [1.82, 2.24) is 5.43 Å². The molecule has 5 nitrogen and oxygen atoms in total. The lowest BCUT2D eigenvalue weighted by Crippen LogP contribution is -2.20. The monoisotopic (exact) mass is 499 g/mol. The van der Waals surface area contributed by atoms with Crippen LogP contribution in [0.25, 0.3) is 0 Å². The van der Waals surface area contributed by atoms with Crippen molar-refractivity contribution in [3.8, 4) is 0 Å². The lowest BCUT2D eigenvalue weighted by Gasteiger charge is -2.06. The van der Waals surface area contributed by atoms with Gasteiger partial charge in [0.1, 0.15) is 0 Å². The number of anilines is 1. The number of hydrogen-bond donors (Lipinski definition) is 2. The minimum atomic E-state index is -0.306. The minimum Gasteiger partial charge on any atom is -0.325 e. The Kier molecular flexibility index (Phi) is 7.38. The highest BCUT2D eigenvalue weighted by atomic mass is 127. The summed E-state index contributed by atoms with van der Waals surface area (Å²) in [6.45, 7) is 0. The van der Waals surface area contributed by atoms with Crippen LogP contribution in [0.3, 0.4) is 0 Å². The van der Waals surface area contributed by atoms with Crippen LogP contribution in [0, 0.1) is 3.57 Å². The van der Waals surface area contributed by atoms with Crippen LogP contribution in [-0.4, -0.2) is 18.0 Å². The third kappa shape index (κ3) is 6.40. The maximum absolute atomic E-state index is 11.9. The number of amides is 2. The van der Waals surface area contributed by atoms with Gasteiger partial charge in [0.25, 0.3) is 0 Å². The topological polar surface area (TPSA) is 70.6 Å². The van der Waals surface area contributed by atoms with Gasteiger partial charge >= 0.3 is 0 Å². The van der Waals surface area contributed by atoms with Crippen LogP contribution in [-0.2, 0) is 9.59 Å². The summed E-state index contributed by atoms with van der Waals surface area (Å²) in [6, 6.07) is 15.0. The van der Waals surface area contributed by atoms with Crippen LogP contribution >= 0.6 is 38.5 Å². The van der Waals surface area contributed by atoms with Crippen molar-refractivity contribution >= 4 is 62.2 Å². The summed E-state index contributed by atoms with van der Waals surface area (Å²) in [5, 5.41) is 6.64. The van der Waals surface area contributed by atoms with Crippen LogP contribution in [0.5, 0.6) is 0 Å². The molecule has 0 aromatic heterocycles. The molecule has 2 N–H and O–H groups in total. The van der Waals surface area contributed by atoms with Gasteiger partial charge in [0.15, 0.2) is 0 Å². The fourth-order valence-electron chi connectivity index (χ4n) is 1.82. The van der Waals surface area contributed by atoms with Crippen molar-refractivity contribution in [2.75, 3.05) is 5.32 Å². The average Bonchev–Trinajstić information content (AvgIpc) is 2.55. The molecule has 124 valence electrons. The molecule has 0 radical (unpaired) electrons. The second-order valence-corrected chi connectivity index (χ2v) is 6.98. The number of hydrogen-bond acceptors (Lipinski definition) is 3. The van der Waals surface area contributed by atoms with Crippen LogP contribution in [0.15, 0.2) is 58.1 Å². The molecule has 0 saturated carbocycles. The van der Waals surface area contributed by atoms with Gasteiger partial charge in [-0.15, -0.1) is 0 Å². The number of carbonyl (C=O) groups excluding carboxylic acids is 2. The molecule has 0 bridgehead atoms. The van der Waals surface area contributed by atoms with E-state index in [2.05, 4.69) is 54.4 Å². The number of nitrogens with zero attached hydrogens (tertiary/aromatic N) is 1. The normalized spacial score (nSPS) is 10.6. The molecule has 0 spiro atoms. The Morgan fingerprint density at radius 3 is 2.58 bits per heavy atom. The lowest BCUT2D eigenvalue weighted by molar-refractivity contribution is -0.124. The SMILES string of the molecule is O=C(CCC(=O)Nc1ccccc1Br)N/N=C/c1cccc(I)c1. The van der Waals surface area contributed by atoms with E-state index in [1.54, 1.807) is 12.3 Å². The van der Waals surface area contributed by atoms with Crippen LogP contribution in [0.4, 0.5) is 5.69 Å². The first kappa shape index (κ1) is 18.6. The molecule has 2 aromatic carbocycles. The number of carbonyl (C=O) groups is 2. The molecular weight excluding hydrogens is 485 g/mol. The van der Waals surface area contributed by atoms with Crippen molar-refractivity contribution in [2.24, 2.45) is 5.10 Å². The summed E-state index contributed by atoms with van der Waals surface area (Å²) in [5.41, 5.74) is 4.00. The van der Waals surface area contributed by atoms with E-state index in [0.717, 1.165) is 13.6 Å². The van der Waals surface area contributed by atoms with E-state index in [0.29, 0.717) is 5.69 Å². The van der Waals surface area contributed by atoms with Crippen molar-refractivity contribution in [2.45, 2.75) is 12.8 Å². The van der Waals surface area contributed by atoms with Crippen molar-refractivity contribution in [3.63, 3.8) is 0 Å². The predicted molar refractivity (Wildman–Crippen MR) is 107 cm³/mol. The lowest BCUT2D eigenvalue weighted by atomic mass is 10.2. The maximum atomic E-state index is 11.9. The first-order valence-corrected chi connectivity index (χ1v) is 9.03. The van der Waals surface area contributed by atoms with E-state index < -0.39 is 0 Å². The Labute approximate surface area is 162 Å². The zero-order chi connectivity index (χ0) is 17.4. The van der Waals surface area contributed by atoms with E-state index in [1.807, 2.05) is 42.5 Å². The Morgan fingerprint density at radius 2 is 1.83 bits per heavy atom. The fraction of sp³-hybridized carbons (Fsp3) is 0.118. The Morgan fingerprint density at radius 1 is 1.08 bits per heavy atom. The van der Waals surface area contributed by atoms with Crippen LogP contribution in [0.1, 0.15) is 18.4 Å². The summed E-state index contributed by atoms with van der Waals surface area (Å²) in [7, 11) is 0. The molecule has 7 heteroatoms. The highest BCUT2D eigenvalue weighted by molar-refractivity contribution is 14.1. The zero-order valence-electron chi connectivity index (χ0n) is 12.6. The second-order valence-electron chi connectivity index (χ2n) is 4.88. The molecule has 0 unspecified atom stereocenters. The van der Waals surface area contributed by atoms with Gasteiger partial charge in [-0.3, -0.25) is 9.59 Å². The van der Waals surface area contributed by atoms with E-state index in [-0.39, 0.29) is 24.7 Å². The van der Waals surface area contributed by atoms with Gasteiger partial charge in [0.05, 0.1) is 11.9 Å². The molecule has 24 heavy (non-hydrogen) atoms. The molecular formula is C17H15BrIN3O2. The van der Waals surface area contributed by atoms with Gasteiger partial charge in [-0.1, -0.05) is 24.3 Å². The molecule has 0 aliphatic heterocycles. The van der Waals surface area contributed by atoms with Gasteiger partial charge in [-0.25, -0.2) is 5.43 Å². The highest BCUT2D eigenvalue weighted by Crippen LogP contribution is 2.21. The number of halogens is 2. The van der Waals surface area contributed by atoms with Gasteiger partial charge in [0, 0.05) is 20.9 Å². The molecule has 0 saturated heterocycles. The Bertz CT molecular complexity index is 765.